The van der Waals surface area contributed by atoms with Crippen LogP contribution >= 0.6 is 12.4 Å². The van der Waals surface area contributed by atoms with E-state index in [1.807, 2.05) is 0 Å². The van der Waals surface area contributed by atoms with E-state index in [1.165, 1.54) is 44.9 Å². The first-order valence-electron chi connectivity index (χ1n) is 7.32. The molecule has 0 aromatic carbocycles. The predicted octanol–water partition coefficient (Wildman–Crippen LogP) is 2.18. The van der Waals surface area contributed by atoms with Gasteiger partial charge in [0.15, 0.2) is 0 Å². The van der Waals surface area contributed by atoms with Crippen LogP contribution in [0, 0.1) is 17.8 Å². The molecule has 2 saturated carbocycles. The standard InChI is InChI=1S/C14H24N2O.ClH/c15-13-11-6-5-10(9-11)12(13)14(17)16-7-3-1-2-4-8-16;/h10-13H,1-9,15H2;1H. The number of fused-ring (bicyclic) bond motifs is 2. The van der Waals surface area contributed by atoms with Gasteiger partial charge in [0.1, 0.15) is 0 Å². The van der Waals surface area contributed by atoms with Gasteiger partial charge in [-0.2, -0.15) is 0 Å². The van der Waals surface area contributed by atoms with E-state index in [9.17, 15) is 4.79 Å². The average molecular weight is 273 g/mol. The molecule has 0 spiro atoms. The fraction of sp³-hybridized carbons (Fsp3) is 0.929. The summed E-state index contributed by atoms with van der Waals surface area (Å²) in [6.07, 6.45) is 8.65. The largest absolute Gasteiger partial charge is 0.342 e. The predicted molar refractivity (Wildman–Crippen MR) is 74.6 cm³/mol. The topological polar surface area (TPSA) is 46.3 Å². The lowest BCUT2D eigenvalue weighted by molar-refractivity contribution is -0.137. The summed E-state index contributed by atoms with van der Waals surface area (Å²) in [6, 6.07) is 0.157. The maximum atomic E-state index is 12.6. The van der Waals surface area contributed by atoms with Crippen molar-refractivity contribution >= 4 is 18.3 Å². The monoisotopic (exact) mass is 272 g/mol. The lowest BCUT2D eigenvalue weighted by atomic mass is 9.84. The molecule has 3 nitrogen and oxygen atoms in total. The molecule has 104 valence electrons. The molecule has 0 aromatic rings. The Kier molecular flexibility index (Phi) is 4.54. The summed E-state index contributed by atoms with van der Waals surface area (Å²) in [6.45, 7) is 1.94. The van der Waals surface area contributed by atoms with Gasteiger partial charge in [0.05, 0.1) is 5.92 Å². The number of hydrogen-bond acceptors (Lipinski definition) is 2. The van der Waals surface area contributed by atoms with Gasteiger partial charge in [-0.3, -0.25) is 4.79 Å². The SMILES string of the molecule is Cl.NC1C2CCC(C2)C1C(=O)N1CCCCCC1. The summed E-state index contributed by atoms with van der Waals surface area (Å²) < 4.78 is 0. The third-order valence-electron chi connectivity index (χ3n) is 5.18. The van der Waals surface area contributed by atoms with Crippen molar-refractivity contribution in [2.45, 2.75) is 51.0 Å². The average Bonchev–Trinajstić information content (AvgIpc) is 2.79. The second kappa shape index (κ2) is 5.79. The highest BCUT2D eigenvalue weighted by Crippen LogP contribution is 2.48. The van der Waals surface area contributed by atoms with Gasteiger partial charge in [-0.25, -0.2) is 0 Å². The summed E-state index contributed by atoms with van der Waals surface area (Å²) in [7, 11) is 0. The summed E-state index contributed by atoms with van der Waals surface area (Å²) in [5, 5.41) is 0. The van der Waals surface area contributed by atoms with Crippen LogP contribution in [-0.4, -0.2) is 29.9 Å². The molecule has 3 rings (SSSR count). The second-order valence-electron chi connectivity index (χ2n) is 6.18. The molecular weight excluding hydrogens is 248 g/mol. The number of carbonyl (C=O) groups is 1. The van der Waals surface area contributed by atoms with E-state index in [2.05, 4.69) is 4.90 Å². The zero-order chi connectivity index (χ0) is 11.8. The molecule has 2 aliphatic carbocycles. The van der Waals surface area contributed by atoms with Crippen molar-refractivity contribution in [1.29, 1.82) is 0 Å². The highest BCUT2D eigenvalue weighted by molar-refractivity contribution is 5.85. The van der Waals surface area contributed by atoms with Gasteiger partial charge >= 0.3 is 0 Å². The van der Waals surface area contributed by atoms with Gasteiger partial charge in [0, 0.05) is 19.1 Å². The van der Waals surface area contributed by atoms with Crippen molar-refractivity contribution in [2.24, 2.45) is 23.5 Å². The van der Waals surface area contributed by atoms with E-state index in [-0.39, 0.29) is 24.4 Å². The van der Waals surface area contributed by atoms with Crippen LogP contribution in [0.4, 0.5) is 0 Å². The zero-order valence-electron chi connectivity index (χ0n) is 11.0. The number of carbonyl (C=O) groups excluding carboxylic acids is 1. The molecule has 4 unspecified atom stereocenters. The van der Waals surface area contributed by atoms with E-state index in [4.69, 9.17) is 5.73 Å². The van der Waals surface area contributed by atoms with Crippen molar-refractivity contribution in [3.05, 3.63) is 0 Å². The number of rotatable bonds is 1. The first kappa shape index (κ1) is 14.1. The highest BCUT2D eigenvalue weighted by atomic mass is 35.5. The van der Waals surface area contributed by atoms with E-state index < -0.39 is 0 Å². The van der Waals surface area contributed by atoms with Crippen LogP contribution in [0.3, 0.4) is 0 Å². The van der Waals surface area contributed by atoms with Crippen LogP contribution in [-0.2, 0) is 4.79 Å². The Balaban J connectivity index is 0.00000120. The minimum Gasteiger partial charge on any atom is -0.342 e. The number of halogens is 1. The van der Waals surface area contributed by atoms with E-state index in [0.717, 1.165) is 13.1 Å². The lowest BCUT2D eigenvalue weighted by Gasteiger charge is -2.32. The van der Waals surface area contributed by atoms with Gasteiger partial charge in [-0.1, -0.05) is 12.8 Å². The Hall–Kier alpha value is -0.280. The molecular formula is C14H25ClN2O. The quantitative estimate of drug-likeness (QED) is 0.795. The first-order chi connectivity index (χ1) is 8.27. The number of nitrogens with zero attached hydrogens (tertiary/aromatic N) is 1. The summed E-state index contributed by atoms with van der Waals surface area (Å²) in [4.78, 5) is 14.7. The lowest BCUT2D eigenvalue weighted by Crippen LogP contribution is -2.47. The van der Waals surface area contributed by atoms with Crippen molar-refractivity contribution < 1.29 is 4.79 Å². The molecule has 0 aromatic heterocycles. The van der Waals surface area contributed by atoms with Crippen LogP contribution in [0.1, 0.15) is 44.9 Å². The molecule has 4 heteroatoms. The van der Waals surface area contributed by atoms with Gasteiger partial charge in [0.2, 0.25) is 5.91 Å². The molecule has 1 amide bonds. The third-order valence-corrected chi connectivity index (χ3v) is 5.18. The number of hydrogen-bond donors (Lipinski definition) is 1. The summed E-state index contributed by atoms with van der Waals surface area (Å²) in [5.74, 6) is 1.78. The number of likely N-dealkylation sites (tertiary alicyclic amines) is 1. The Morgan fingerprint density at radius 1 is 1.00 bits per heavy atom. The molecule has 3 fully saturated rings. The molecule has 3 aliphatic rings. The fourth-order valence-electron chi connectivity index (χ4n) is 4.20. The van der Waals surface area contributed by atoms with Crippen molar-refractivity contribution in [1.82, 2.24) is 4.90 Å². The van der Waals surface area contributed by atoms with Gasteiger partial charge in [-0.15, -0.1) is 12.4 Å². The molecule has 18 heavy (non-hydrogen) atoms. The minimum absolute atomic E-state index is 0. The van der Waals surface area contributed by atoms with Gasteiger partial charge in [0.25, 0.3) is 0 Å². The molecule has 1 aliphatic heterocycles. The Bertz CT molecular complexity index is 300. The molecule has 4 atom stereocenters. The van der Waals surface area contributed by atoms with E-state index >= 15 is 0 Å². The summed E-state index contributed by atoms with van der Waals surface area (Å²) >= 11 is 0. The maximum absolute atomic E-state index is 12.6. The molecule has 2 bridgehead atoms. The van der Waals surface area contributed by atoms with Crippen LogP contribution in [0.2, 0.25) is 0 Å². The van der Waals surface area contributed by atoms with Crippen LogP contribution < -0.4 is 5.73 Å². The highest BCUT2D eigenvalue weighted by Gasteiger charge is 2.50. The van der Waals surface area contributed by atoms with Gasteiger partial charge in [-0.05, 0) is 43.9 Å². The zero-order valence-corrected chi connectivity index (χ0v) is 11.8. The van der Waals surface area contributed by atoms with E-state index in [0.29, 0.717) is 17.7 Å². The molecule has 0 radical (unpaired) electrons. The molecule has 2 N–H and O–H groups in total. The Labute approximate surface area is 116 Å². The van der Waals surface area contributed by atoms with Crippen molar-refractivity contribution in [2.75, 3.05) is 13.1 Å². The summed E-state index contributed by atoms with van der Waals surface area (Å²) in [5.41, 5.74) is 6.26. The molecule has 1 heterocycles. The maximum Gasteiger partial charge on any atom is 0.227 e. The second-order valence-corrected chi connectivity index (χ2v) is 6.18. The fourth-order valence-corrected chi connectivity index (χ4v) is 4.20. The first-order valence-corrected chi connectivity index (χ1v) is 7.32. The smallest absolute Gasteiger partial charge is 0.227 e. The van der Waals surface area contributed by atoms with Gasteiger partial charge < -0.3 is 10.6 Å². The number of amides is 1. The van der Waals surface area contributed by atoms with Crippen LogP contribution in [0.25, 0.3) is 0 Å². The van der Waals surface area contributed by atoms with E-state index in [1.54, 1.807) is 0 Å². The van der Waals surface area contributed by atoms with Crippen molar-refractivity contribution in [3.8, 4) is 0 Å². The normalized spacial score (nSPS) is 39.3. The van der Waals surface area contributed by atoms with Crippen LogP contribution in [0.5, 0.6) is 0 Å². The third kappa shape index (κ3) is 2.39. The minimum atomic E-state index is 0. The number of nitrogens with two attached hydrogens (primary N) is 1. The Morgan fingerprint density at radius 3 is 2.17 bits per heavy atom. The Morgan fingerprint density at radius 2 is 1.61 bits per heavy atom. The van der Waals surface area contributed by atoms with Crippen LogP contribution in [0.15, 0.2) is 0 Å². The van der Waals surface area contributed by atoms with Crippen molar-refractivity contribution in [3.63, 3.8) is 0 Å². The molecule has 1 saturated heterocycles.